The number of hydrogen-bond acceptors (Lipinski definition) is 15. The number of rotatable bonds is 15. The largest absolute Gasteiger partial charge is 0.486 e. The van der Waals surface area contributed by atoms with Crippen LogP contribution in [0.2, 0.25) is 10.0 Å². The van der Waals surface area contributed by atoms with Crippen molar-refractivity contribution >= 4 is 78.2 Å². The van der Waals surface area contributed by atoms with Gasteiger partial charge in [0.1, 0.15) is 58.7 Å². The molecule has 4 saturated heterocycles. The fourth-order valence-electron chi connectivity index (χ4n) is 11.8. The number of anilines is 2. The zero-order valence-corrected chi connectivity index (χ0v) is 46.9. The number of amides is 2. The van der Waals surface area contributed by atoms with E-state index in [1.807, 2.05) is 99.6 Å². The van der Waals surface area contributed by atoms with Crippen molar-refractivity contribution in [1.82, 2.24) is 40.5 Å². The van der Waals surface area contributed by atoms with Crippen molar-refractivity contribution in [2.24, 2.45) is 5.92 Å². The second-order valence-electron chi connectivity index (χ2n) is 21.6. The molecule has 3 aromatic heterocycles. The molecule has 4 fully saturated rings. The maximum atomic E-state index is 15.6. The number of aliphatic hydroxyl groups excluding tert-OH is 1. The summed E-state index contributed by atoms with van der Waals surface area (Å²) in [6.45, 7) is 8.33. The highest BCUT2D eigenvalue weighted by molar-refractivity contribution is 7.23. The number of carbonyl (C=O) groups is 2. The smallest absolute Gasteiger partial charge is 0.319 e. The number of aromatic nitrogens is 5. The van der Waals surface area contributed by atoms with Crippen molar-refractivity contribution in [3.8, 4) is 51.3 Å². The number of β-amino-alcohol motifs (C(OH)–C–C–N with tert-alkyl or cyclic N) is 1. The van der Waals surface area contributed by atoms with Crippen LogP contribution in [-0.4, -0.2) is 110 Å². The number of nitrogens with two attached hydrogens (primary N) is 1. The molecule has 0 saturated carbocycles. The summed E-state index contributed by atoms with van der Waals surface area (Å²) in [6, 6.07) is 28.4. The number of piperazine rings is 1. The number of fused-ring (bicyclic) bond motifs is 4. The van der Waals surface area contributed by atoms with Crippen LogP contribution in [0, 0.1) is 23.1 Å². The highest BCUT2D eigenvalue weighted by Gasteiger charge is 2.44. The first kappa shape index (κ1) is 54.2. The number of nitrogens with zero attached hydrogens (tertiary/aromatic N) is 8. The van der Waals surface area contributed by atoms with E-state index in [0.29, 0.717) is 81.6 Å². The van der Waals surface area contributed by atoms with Gasteiger partial charge in [0.05, 0.1) is 46.8 Å². The van der Waals surface area contributed by atoms with Gasteiger partial charge >= 0.3 is 6.01 Å². The van der Waals surface area contributed by atoms with Crippen LogP contribution in [0.1, 0.15) is 75.2 Å². The Kier molecular flexibility index (Phi) is 15.0. The molecular weight excluding hydrogens is 1090 g/mol. The summed E-state index contributed by atoms with van der Waals surface area (Å²) in [4.78, 5) is 42.4. The highest BCUT2D eigenvalue weighted by Crippen LogP contribution is 2.50. The van der Waals surface area contributed by atoms with E-state index in [9.17, 15) is 20.0 Å². The van der Waals surface area contributed by atoms with Crippen LogP contribution in [0.5, 0.6) is 11.8 Å². The number of halogens is 3. The van der Waals surface area contributed by atoms with Crippen LogP contribution in [0.4, 0.5) is 15.2 Å². The molecule has 0 spiro atoms. The van der Waals surface area contributed by atoms with Gasteiger partial charge in [-0.25, -0.2) is 9.07 Å². The molecule has 0 unspecified atom stereocenters. The molecule has 4 aliphatic rings. The minimum absolute atomic E-state index is 0.00718. The Morgan fingerprint density at radius 2 is 1.74 bits per heavy atom. The van der Waals surface area contributed by atoms with Gasteiger partial charge in [0.25, 0.3) is 0 Å². The lowest BCUT2D eigenvalue weighted by Gasteiger charge is -2.30. The normalized spacial score (nSPS) is 19.8. The molecule has 12 rings (SSSR count). The summed E-state index contributed by atoms with van der Waals surface area (Å²) >= 11 is 14.9. The second-order valence-corrected chi connectivity index (χ2v) is 23.5. The summed E-state index contributed by atoms with van der Waals surface area (Å²) < 4.78 is 36.4. The van der Waals surface area contributed by atoms with Gasteiger partial charge in [-0.3, -0.25) is 9.59 Å². The molecular formula is C60H58Cl2FN11O6S. The zero-order valence-electron chi connectivity index (χ0n) is 44.6. The number of ether oxygens (including phenoxy) is 3. The van der Waals surface area contributed by atoms with Gasteiger partial charge in [-0.2, -0.15) is 15.2 Å². The number of aliphatic hydroxyl groups is 1. The third kappa shape index (κ3) is 10.5. The number of hydrogen-bond donors (Lipinski definition) is 4. The number of nitrogen functional groups attached to an aromatic ring is 1. The van der Waals surface area contributed by atoms with E-state index in [1.54, 1.807) is 12.3 Å². The third-order valence-electron chi connectivity index (χ3n) is 16.0. The van der Waals surface area contributed by atoms with Gasteiger partial charge in [-0.15, -0.1) is 16.4 Å². The quantitative estimate of drug-likeness (QED) is 0.0751. The van der Waals surface area contributed by atoms with Crippen LogP contribution in [-0.2, 0) is 20.9 Å². The van der Waals surface area contributed by atoms with Crippen molar-refractivity contribution in [1.29, 1.82) is 5.26 Å². The van der Waals surface area contributed by atoms with E-state index in [-0.39, 0.29) is 87.5 Å². The molecule has 21 heteroatoms. The van der Waals surface area contributed by atoms with Gasteiger partial charge in [0.15, 0.2) is 5.75 Å². The van der Waals surface area contributed by atoms with E-state index >= 15 is 4.39 Å². The minimum Gasteiger partial charge on any atom is -0.486 e. The first-order valence-electron chi connectivity index (χ1n) is 27.2. The standard InChI is InChI=1S/C60H58Cl2FN11O6S/c1-31(2)53(59(77)73-28-39(75)23-49(73)58(76)67-32(3)34-12-14-35(15-13-34)41-6-4-5-7-45(41)61)74-29-48(70-71-74)36-10-8-33(9-11-36)30-79-54-51(42-16-17-47(63)55-50(42)44(25-64)56(65)81-55)46(62)24-43-52(54)68-60(80-40-18-20-78-21-19-40)69-57(43)72-27-37-22-38(72)26-66-37/h4-17,24,29,31-32,37-40,49,53,66,75H,18-23,26-28,30,65H2,1-3H3,(H,67,76)/t32-,37-,38-,39+,49-,53-/m0/s1. The SMILES string of the molecule is CC(C)[C@@H](C(=O)N1C[C@H](O)C[C@H]1C(=O)N[C@@H](C)c1ccc(-c2ccccc2Cl)cc1)n1cc(-c2ccc(COc3c(-c4ccc(F)c5sc(N)c(C#N)c45)c(Cl)cc4c(N5C[C@@H]6C[C@H]5CN6)nc(OC5CCOCC5)nc34)cc2)nn1. The molecule has 2 amide bonds. The molecule has 81 heavy (non-hydrogen) atoms. The van der Waals surface area contributed by atoms with Gasteiger partial charge < -0.3 is 45.5 Å². The molecule has 6 atom stereocenters. The summed E-state index contributed by atoms with van der Waals surface area (Å²) in [5.74, 6) is -0.552. The summed E-state index contributed by atoms with van der Waals surface area (Å²) in [6.07, 6.45) is 3.04. The van der Waals surface area contributed by atoms with Gasteiger partial charge in [-0.05, 0) is 59.7 Å². The Morgan fingerprint density at radius 3 is 2.46 bits per heavy atom. The number of carbonyl (C=O) groups excluding carboxylic acids is 2. The molecule has 0 aliphatic carbocycles. The zero-order chi connectivity index (χ0) is 56.2. The van der Waals surface area contributed by atoms with Crippen LogP contribution in [0.25, 0.3) is 54.5 Å². The van der Waals surface area contributed by atoms with E-state index in [1.165, 1.54) is 15.6 Å². The van der Waals surface area contributed by atoms with Crippen LogP contribution >= 0.6 is 34.5 Å². The monoisotopic (exact) mass is 1150 g/mol. The van der Waals surface area contributed by atoms with E-state index < -0.39 is 24.0 Å². The van der Waals surface area contributed by atoms with E-state index in [4.69, 9.17) is 53.1 Å². The van der Waals surface area contributed by atoms with Crippen molar-refractivity contribution < 1.29 is 33.3 Å². The minimum atomic E-state index is -0.904. The van der Waals surface area contributed by atoms with Crippen molar-refractivity contribution in [2.45, 2.75) is 95.5 Å². The number of thiophene rings is 1. The van der Waals surface area contributed by atoms with E-state index in [0.717, 1.165) is 53.1 Å². The molecule has 7 heterocycles. The second kappa shape index (κ2) is 22.5. The number of nitriles is 1. The summed E-state index contributed by atoms with van der Waals surface area (Å²) in [5.41, 5.74) is 12.5. The van der Waals surface area contributed by atoms with Crippen molar-refractivity contribution in [3.05, 3.63) is 130 Å². The molecule has 8 aromatic rings. The Hall–Kier alpha value is -7.44. The van der Waals surface area contributed by atoms with Crippen LogP contribution < -0.4 is 30.7 Å². The Morgan fingerprint density at radius 1 is 0.975 bits per heavy atom. The van der Waals surface area contributed by atoms with Crippen LogP contribution in [0.15, 0.2) is 97.2 Å². The Balaban J connectivity index is 0.817. The average Bonchev–Trinajstić information content (AvgIpc) is 4.44. The first-order chi connectivity index (χ1) is 39.2. The molecule has 2 bridgehead atoms. The third-order valence-corrected chi connectivity index (χ3v) is 17.6. The van der Waals surface area contributed by atoms with Gasteiger partial charge in [0, 0.05) is 83.5 Å². The molecule has 5 N–H and O–H groups in total. The molecule has 416 valence electrons. The molecule has 0 radical (unpaired) electrons. The Bertz CT molecular complexity index is 3760. The summed E-state index contributed by atoms with van der Waals surface area (Å²) in [7, 11) is 0. The number of likely N-dealkylation sites (tertiary alicyclic amines) is 1. The topological polar surface area (TPSA) is 219 Å². The lowest BCUT2D eigenvalue weighted by atomic mass is 9.96. The number of benzene rings is 5. The molecule has 5 aromatic carbocycles. The highest BCUT2D eigenvalue weighted by atomic mass is 35.5. The fraction of sp³-hybridized carbons (Fsp3) is 0.350. The lowest BCUT2D eigenvalue weighted by Crippen LogP contribution is -2.49. The first-order valence-corrected chi connectivity index (χ1v) is 28.8. The fourth-order valence-corrected chi connectivity index (χ4v) is 13.3. The average molecular weight is 1150 g/mol. The predicted octanol–water partition coefficient (Wildman–Crippen LogP) is 10.1. The maximum Gasteiger partial charge on any atom is 0.319 e. The van der Waals surface area contributed by atoms with Crippen molar-refractivity contribution in [3.63, 3.8) is 0 Å². The van der Waals surface area contributed by atoms with Crippen LogP contribution in [0.3, 0.4) is 0 Å². The Labute approximate surface area is 480 Å². The molecule has 4 aliphatic heterocycles. The maximum absolute atomic E-state index is 15.6. The summed E-state index contributed by atoms with van der Waals surface area (Å²) in [5, 5.41) is 38.9. The lowest BCUT2D eigenvalue weighted by molar-refractivity contribution is -0.142. The number of nitrogens with one attached hydrogen (secondary N) is 2. The van der Waals surface area contributed by atoms with E-state index in [2.05, 4.69) is 31.9 Å². The van der Waals surface area contributed by atoms with Crippen molar-refractivity contribution in [2.75, 3.05) is 43.5 Å². The van der Waals surface area contributed by atoms with Gasteiger partial charge in [0.2, 0.25) is 11.8 Å². The molecule has 17 nitrogen and oxygen atoms in total. The van der Waals surface area contributed by atoms with Gasteiger partial charge in [-0.1, -0.05) is 115 Å². The predicted molar refractivity (Wildman–Crippen MR) is 310 cm³/mol.